The minimum atomic E-state index is -0.551. The number of nitrogens with two attached hydrogens (primary N) is 2. The highest BCUT2D eigenvalue weighted by molar-refractivity contribution is 8.76. The van der Waals surface area contributed by atoms with Crippen LogP contribution in [0.3, 0.4) is 0 Å². The number of nitro groups is 1. The number of aromatic hydroxyl groups is 2. The third-order valence-electron chi connectivity index (χ3n) is 16.8. The van der Waals surface area contributed by atoms with Gasteiger partial charge in [-0.1, -0.05) is 163 Å². The number of phenols is 2. The van der Waals surface area contributed by atoms with Gasteiger partial charge in [0.1, 0.15) is 91.8 Å². The van der Waals surface area contributed by atoms with Crippen LogP contribution in [0.15, 0.2) is 198 Å². The van der Waals surface area contributed by atoms with Crippen LogP contribution in [0.4, 0.5) is 17.1 Å². The fraction of sp³-hybridized carbons (Fsp3) is 0.283. The number of hydrogen-bond acceptors (Lipinski definition) is 36. The summed E-state index contributed by atoms with van der Waals surface area (Å²) in [4.78, 5) is 42.9. The Balaban J connectivity index is 0. The summed E-state index contributed by atoms with van der Waals surface area (Å²) in [5.74, 6) is 4.02. The van der Waals surface area contributed by atoms with E-state index < -0.39 is 4.92 Å². The Morgan fingerprint density at radius 2 is 0.856 bits per heavy atom. The zero-order chi connectivity index (χ0) is 86.5. The van der Waals surface area contributed by atoms with E-state index in [0.29, 0.717) is 69.2 Å². The second kappa shape index (κ2) is 60.3. The van der Waals surface area contributed by atoms with Gasteiger partial charge in [0.15, 0.2) is 12.6 Å². The number of halogens is 1. The summed E-state index contributed by atoms with van der Waals surface area (Å²) in [6.45, 7) is 12.8. The van der Waals surface area contributed by atoms with Crippen LogP contribution in [-0.2, 0) is 19.8 Å². The van der Waals surface area contributed by atoms with Gasteiger partial charge in [-0.2, -0.15) is 10.2 Å². The van der Waals surface area contributed by atoms with Crippen LogP contribution < -0.4 is 39.9 Å². The topological polar surface area (TPSA) is 436 Å². The van der Waals surface area contributed by atoms with E-state index in [1.807, 2.05) is 120 Å². The molecule has 0 unspecified atom stereocenters. The zero-order valence-corrected chi connectivity index (χ0v) is 72.7. The molecule has 17 rings (SSSR count). The molecule has 0 fully saturated rings. The number of nitro benzene ring substituents is 1. The Hall–Kier alpha value is -12.7. The van der Waals surface area contributed by atoms with E-state index in [2.05, 4.69) is 95.8 Å². The predicted molar refractivity (Wildman–Crippen MR) is 551 cm³/mol. The van der Waals surface area contributed by atoms with E-state index in [1.54, 1.807) is 116 Å². The number of aliphatic hydroxyl groups excluding tert-OH is 1. The first-order chi connectivity index (χ1) is 58.7. The molecule has 0 aliphatic rings. The molecule has 0 radical (unpaired) electrons. The number of carbonyl (C=O) groups excluding carboxylic acids is 2. The fourth-order valence-corrected chi connectivity index (χ4v) is 16.1. The summed E-state index contributed by atoms with van der Waals surface area (Å²) in [6, 6.07) is 48.9. The number of hydrogen-bond donors (Lipinski definition) is 5. The van der Waals surface area contributed by atoms with Gasteiger partial charge in [-0.15, -0.1) is 25.5 Å². The Kier molecular flexibility index (Phi) is 55.4. The van der Waals surface area contributed by atoms with Crippen molar-refractivity contribution in [2.45, 2.75) is 165 Å². The molecule has 9 aromatic heterocycles. The number of benzene rings is 8. The van der Waals surface area contributed by atoms with Crippen molar-refractivity contribution < 1.29 is 58.3 Å². The van der Waals surface area contributed by atoms with Gasteiger partial charge < -0.3 is 55.2 Å². The highest BCUT2D eigenvalue weighted by Gasteiger charge is 2.20. The third-order valence-corrected chi connectivity index (χ3v) is 23.1. The molecular formula is C92H122ClN19O13S7. The summed E-state index contributed by atoms with van der Waals surface area (Å²) in [7, 11) is 9.44. The minimum Gasteiger partial charge on any atom is -0.508 e. The number of pyridine rings is 2. The SMILES string of the molecule is C.C.C.C.C.C.C.C.C.C.C.CC.CC(C)n1nccc1-c1ncccc1COc1ccc2snnc2c1C=O.CC(C)n1nccc1-c1ncccc1COc1ccc2snnc2c1CO.COc1ccc(Cl)c([N+](=O)[O-])c1.COc1ccc(SSc2ccc(OC)cc2N)c(N)c1.COc1ccc2snnc2c1.O=Cc1c(O)ccc2snnc12.Oc1ccc2snnc2c1. The quantitative estimate of drug-likeness (QED) is 0.0147. The van der Waals surface area contributed by atoms with Crippen molar-refractivity contribution in [3.63, 3.8) is 0 Å². The maximum absolute atomic E-state index is 11.6. The number of methoxy groups -OCH3 is 4. The van der Waals surface area contributed by atoms with Gasteiger partial charge in [-0.05, 0) is 207 Å². The monoisotopic (exact) mass is 1960 g/mol. The van der Waals surface area contributed by atoms with E-state index in [-0.39, 0.29) is 135 Å². The van der Waals surface area contributed by atoms with E-state index in [0.717, 1.165) is 102 Å². The number of nitrogens with zero attached hydrogens (tertiary/aromatic N) is 17. The number of fused-ring (bicyclic) bond motifs is 5. The highest BCUT2D eigenvalue weighted by Crippen LogP contribution is 2.44. The second-order valence-corrected chi connectivity index (χ2v) is 31.5. The van der Waals surface area contributed by atoms with Gasteiger partial charge in [-0.3, -0.25) is 39.0 Å². The summed E-state index contributed by atoms with van der Waals surface area (Å²) in [5.41, 5.74) is 23.2. The number of phenolic OH excluding ortho intramolecular Hbond substituents is 2. The molecule has 9 heterocycles. The molecule has 0 amide bonds. The van der Waals surface area contributed by atoms with Gasteiger partial charge in [0.25, 0.3) is 5.69 Å². The second-order valence-electron chi connectivity index (χ2n) is 25.0. The highest BCUT2D eigenvalue weighted by atomic mass is 35.5. The standard InChI is InChI=1S/C19H19N5O2S.C19H17N5O2S.C14H16N2O2S2.C7H6ClNO3.C7H4N2O2S.C7H6N2OS.C6H4N2OS.C2H6.11CH4/c2*1-12(2)24-15(7-9-21-24)18-13(4-3-8-20-18)11-26-16-5-6-17-19(14(16)10-25)22-23-27-17;1-17-9-3-5-13(11(15)7-9)19-20-14-6-4-10(18-2)8-12(14)16;1-12-5-2-3-6(8)7(4-5)9(10)11;10-3-4-5(11)1-2-6-7(4)8-9-12-6;1-10-5-2-3-7-6(4-5)8-9-11-7;9-4-1-2-6-5(3-4)7-8-10-6;1-2;;;;;;;;;;;/h3-9,12,25H,10-11H2,1-2H3;3-10,12H,11H2,1-2H3;3-8H,15-16H2,1-2H3;2-4H,1H3;1-3,11H;2-4H,1H3;1-3,9H;1-2H3;11*1H4. The summed E-state index contributed by atoms with van der Waals surface area (Å²) < 4.78 is 59.7. The number of aliphatic hydroxyl groups is 1. The normalized spacial score (nSPS) is 9.68. The summed E-state index contributed by atoms with van der Waals surface area (Å²) >= 11 is 12.0. The van der Waals surface area contributed by atoms with Crippen molar-refractivity contribution in [3.8, 4) is 68.8 Å². The first-order valence-corrected chi connectivity index (χ1v) is 42.7. The molecule has 132 heavy (non-hydrogen) atoms. The average Bonchev–Trinajstić information content (AvgIpc) is 1.60. The summed E-state index contributed by atoms with van der Waals surface area (Å²) in [5, 5.41) is 66.8. The molecule has 0 atom stereocenters. The molecule has 712 valence electrons. The number of rotatable bonds is 21. The van der Waals surface area contributed by atoms with Crippen molar-refractivity contribution >= 4 is 172 Å². The number of ether oxygens (including phenoxy) is 6. The van der Waals surface area contributed by atoms with Gasteiger partial charge in [0.05, 0.1) is 103 Å². The smallest absolute Gasteiger partial charge is 0.291 e. The molecular weight excluding hydrogens is 1840 g/mol. The van der Waals surface area contributed by atoms with Crippen molar-refractivity contribution in [2.24, 2.45) is 0 Å². The molecule has 0 saturated carbocycles. The minimum absolute atomic E-state index is 0. The molecule has 17 aromatic rings. The number of carbonyl (C=O) groups is 2. The molecule has 8 aromatic carbocycles. The van der Waals surface area contributed by atoms with Gasteiger partial charge in [0, 0.05) is 99.0 Å². The Morgan fingerprint density at radius 1 is 0.470 bits per heavy atom. The third kappa shape index (κ3) is 31.5. The molecule has 7 N–H and O–H groups in total. The number of aldehydes is 2. The van der Waals surface area contributed by atoms with E-state index >= 15 is 0 Å². The van der Waals surface area contributed by atoms with Crippen LogP contribution in [0.2, 0.25) is 5.02 Å². The maximum atomic E-state index is 11.6. The molecule has 0 aliphatic carbocycles. The molecule has 32 nitrogen and oxygen atoms in total. The Labute approximate surface area is 806 Å². The lowest BCUT2D eigenvalue weighted by molar-refractivity contribution is -0.384. The van der Waals surface area contributed by atoms with Crippen LogP contribution in [0.5, 0.6) is 46.0 Å². The van der Waals surface area contributed by atoms with Crippen LogP contribution >= 0.6 is 90.9 Å². The van der Waals surface area contributed by atoms with Crippen molar-refractivity contribution in [2.75, 3.05) is 39.9 Å². The zero-order valence-electron chi connectivity index (χ0n) is 66.2. The van der Waals surface area contributed by atoms with Gasteiger partial charge in [-0.25, -0.2) is 0 Å². The van der Waals surface area contributed by atoms with Crippen LogP contribution in [-0.4, -0.2) is 139 Å². The van der Waals surface area contributed by atoms with E-state index in [9.17, 15) is 29.9 Å². The molecule has 0 aliphatic heterocycles. The fourth-order valence-electron chi connectivity index (χ4n) is 10.9. The lowest BCUT2D eigenvalue weighted by atomic mass is 10.1. The number of anilines is 2. The van der Waals surface area contributed by atoms with Gasteiger partial charge in [0.2, 0.25) is 0 Å². The Bertz CT molecular complexity index is 6240. The molecule has 0 saturated heterocycles. The number of aromatic nitrogens is 16. The van der Waals surface area contributed by atoms with Crippen LogP contribution in [0, 0.1) is 10.1 Å². The van der Waals surface area contributed by atoms with E-state index in [1.165, 1.54) is 83.0 Å². The van der Waals surface area contributed by atoms with Crippen molar-refractivity contribution in [1.82, 2.24) is 77.5 Å². The first-order valence-electron chi connectivity index (χ1n) is 36.3. The maximum Gasteiger partial charge on any atom is 0.291 e. The lowest BCUT2D eigenvalue weighted by Gasteiger charge is -2.15. The van der Waals surface area contributed by atoms with Crippen LogP contribution in [0.1, 0.15) is 173 Å². The van der Waals surface area contributed by atoms with Gasteiger partial charge >= 0.3 is 0 Å². The average molecular weight is 1960 g/mol. The lowest BCUT2D eigenvalue weighted by Crippen LogP contribution is -2.08. The first kappa shape index (κ1) is 121. The van der Waals surface area contributed by atoms with Crippen molar-refractivity contribution in [1.29, 1.82) is 0 Å². The number of nitrogen functional groups attached to an aromatic ring is 2. The molecule has 0 bridgehead atoms. The van der Waals surface area contributed by atoms with Crippen LogP contribution in [0.25, 0.3) is 73.9 Å². The predicted octanol–water partition coefficient (Wildman–Crippen LogP) is 25.8. The Morgan fingerprint density at radius 3 is 1.31 bits per heavy atom. The largest absolute Gasteiger partial charge is 0.508 e. The van der Waals surface area contributed by atoms with E-state index in [4.69, 9.17) is 56.6 Å². The molecule has 0 spiro atoms. The van der Waals surface area contributed by atoms with Crippen molar-refractivity contribution in [3.05, 3.63) is 232 Å². The summed E-state index contributed by atoms with van der Waals surface area (Å²) in [6.07, 6.45) is 8.41. The molecule has 40 heteroatoms.